The number of nitrogens with one attached hydrogen (secondary N) is 3. The van der Waals surface area contributed by atoms with E-state index in [1.54, 1.807) is 6.92 Å². The van der Waals surface area contributed by atoms with Gasteiger partial charge in [-0.2, -0.15) is 4.39 Å². The second-order valence-electron chi connectivity index (χ2n) is 8.95. The maximum atomic E-state index is 15.3. The minimum Gasteiger partial charge on any atom is -0.465 e. The number of likely N-dealkylation sites (N-methyl/N-ethyl adjacent to an activating group) is 1. The zero-order chi connectivity index (χ0) is 23.3. The minimum atomic E-state index is -1.18. The number of carbonyl (C=O) groups is 2. The third-order valence-corrected chi connectivity index (χ3v) is 6.32. The van der Waals surface area contributed by atoms with Crippen molar-refractivity contribution < 1.29 is 19.1 Å². The van der Waals surface area contributed by atoms with Crippen LogP contribution in [0.1, 0.15) is 44.9 Å². The van der Waals surface area contributed by atoms with Gasteiger partial charge in [0, 0.05) is 32.2 Å². The Balaban J connectivity index is 1.69. The maximum absolute atomic E-state index is 15.3. The van der Waals surface area contributed by atoms with Crippen molar-refractivity contribution in [3.05, 3.63) is 11.6 Å². The fourth-order valence-corrected chi connectivity index (χ4v) is 4.64. The lowest BCUT2D eigenvalue weighted by Gasteiger charge is -2.39. The molecule has 2 aliphatic rings. The number of carboxylic acid groups (broad SMARTS) is 1. The van der Waals surface area contributed by atoms with Crippen molar-refractivity contribution in [1.82, 2.24) is 25.6 Å². The lowest BCUT2D eigenvalue weighted by atomic mass is 9.92. The minimum absolute atomic E-state index is 0.00862. The number of aryl methyl sites for hydroxylation is 1. The van der Waals surface area contributed by atoms with E-state index in [0.29, 0.717) is 24.7 Å². The Kier molecular flexibility index (Phi) is 8.05. The predicted octanol–water partition coefficient (Wildman–Crippen LogP) is 1.97. The van der Waals surface area contributed by atoms with Gasteiger partial charge in [-0.3, -0.25) is 15.6 Å². The topological polar surface area (TPSA) is 123 Å². The van der Waals surface area contributed by atoms with E-state index in [1.807, 2.05) is 18.9 Å². The number of piperazine rings is 1. The highest BCUT2D eigenvalue weighted by Crippen LogP contribution is 2.30. The van der Waals surface area contributed by atoms with Gasteiger partial charge in [0.05, 0.1) is 5.92 Å². The molecule has 4 N–H and O–H groups in total. The first-order chi connectivity index (χ1) is 15.2. The summed E-state index contributed by atoms with van der Waals surface area (Å²) in [7, 11) is 2.03. The van der Waals surface area contributed by atoms with Crippen LogP contribution in [0.5, 0.6) is 0 Å². The summed E-state index contributed by atoms with van der Waals surface area (Å²) in [4.78, 5) is 36.2. The molecule has 1 aromatic heterocycles. The first-order valence-corrected chi connectivity index (χ1v) is 11.3. The molecule has 1 aliphatic heterocycles. The van der Waals surface area contributed by atoms with E-state index in [1.165, 1.54) is 0 Å². The van der Waals surface area contributed by atoms with Crippen molar-refractivity contribution in [2.24, 2.45) is 11.8 Å². The largest absolute Gasteiger partial charge is 0.465 e. The molecular weight excluding hydrogens is 417 g/mol. The average molecular weight is 452 g/mol. The summed E-state index contributed by atoms with van der Waals surface area (Å²) in [6.07, 6.45) is 3.74. The summed E-state index contributed by atoms with van der Waals surface area (Å²) in [6.45, 7) is 5.93. The van der Waals surface area contributed by atoms with Gasteiger partial charge < -0.3 is 20.2 Å². The second kappa shape index (κ2) is 10.8. The highest BCUT2D eigenvalue weighted by Gasteiger charge is 2.29. The van der Waals surface area contributed by atoms with Gasteiger partial charge in [0.2, 0.25) is 11.7 Å². The molecule has 0 spiro atoms. The molecule has 2 fully saturated rings. The van der Waals surface area contributed by atoms with E-state index in [4.69, 9.17) is 5.11 Å². The van der Waals surface area contributed by atoms with Crippen molar-refractivity contribution >= 4 is 23.6 Å². The van der Waals surface area contributed by atoms with Crippen LogP contribution >= 0.6 is 0 Å². The summed E-state index contributed by atoms with van der Waals surface area (Å²) in [5, 5.41) is 11.2. The molecule has 11 heteroatoms. The molecule has 1 saturated carbocycles. The van der Waals surface area contributed by atoms with Crippen LogP contribution in [0, 0.1) is 24.6 Å². The molecule has 1 saturated heterocycles. The molecule has 1 aliphatic carbocycles. The summed E-state index contributed by atoms with van der Waals surface area (Å²) in [5.74, 6) is -0.671. The molecule has 1 aromatic rings. The van der Waals surface area contributed by atoms with Crippen LogP contribution in [0.2, 0.25) is 0 Å². The van der Waals surface area contributed by atoms with Gasteiger partial charge in [-0.15, -0.1) is 0 Å². The standard InChI is InChI=1S/C21H34FN7O3/c1-13-12-28(3)8-9-29(13)19-17(22)18(24-14(2)25-19)26-27-20(30)16(11-23-21(31)32)10-15-6-4-5-7-15/h13,15-16,23H,4-12H2,1-3H3,(H,27,30)(H,31,32)(H,24,25,26)/t13-,16-/m1/s1. The van der Waals surface area contributed by atoms with E-state index >= 15 is 4.39 Å². The molecule has 10 nitrogen and oxygen atoms in total. The number of anilines is 2. The zero-order valence-corrected chi connectivity index (χ0v) is 19.0. The van der Waals surface area contributed by atoms with Crippen molar-refractivity contribution in [3.8, 4) is 0 Å². The van der Waals surface area contributed by atoms with Gasteiger partial charge in [-0.05, 0) is 33.2 Å². The van der Waals surface area contributed by atoms with Crippen LogP contribution in [0.15, 0.2) is 0 Å². The summed E-state index contributed by atoms with van der Waals surface area (Å²) >= 11 is 0. The Labute approximate surface area is 187 Å². The molecular formula is C21H34FN7O3. The smallest absolute Gasteiger partial charge is 0.404 e. The Morgan fingerprint density at radius 3 is 2.62 bits per heavy atom. The second-order valence-corrected chi connectivity index (χ2v) is 8.95. The number of amides is 2. The van der Waals surface area contributed by atoms with Gasteiger partial charge in [-0.1, -0.05) is 25.7 Å². The highest BCUT2D eigenvalue weighted by atomic mass is 19.1. The zero-order valence-electron chi connectivity index (χ0n) is 19.0. The van der Waals surface area contributed by atoms with Gasteiger partial charge in [0.25, 0.3) is 0 Å². The molecule has 3 rings (SSSR count). The van der Waals surface area contributed by atoms with E-state index in [2.05, 4.69) is 31.0 Å². The Bertz CT molecular complexity index is 819. The molecule has 0 radical (unpaired) electrons. The molecule has 0 unspecified atom stereocenters. The quantitative estimate of drug-likeness (QED) is 0.443. The number of nitrogens with zero attached hydrogens (tertiary/aromatic N) is 4. The molecule has 178 valence electrons. The third-order valence-electron chi connectivity index (χ3n) is 6.32. The number of hydrogen-bond acceptors (Lipinski definition) is 7. The number of hydrazine groups is 1. The van der Waals surface area contributed by atoms with Crippen LogP contribution in [0.25, 0.3) is 0 Å². The van der Waals surface area contributed by atoms with Gasteiger partial charge in [0.15, 0.2) is 11.6 Å². The van der Waals surface area contributed by atoms with Crippen LogP contribution < -0.4 is 21.1 Å². The fraction of sp³-hybridized carbons (Fsp3) is 0.714. The van der Waals surface area contributed by atoms with E-state index in [0.717, 1.165) is 38.8 Å². The lowest BCUT2D eigenvalue weighted by Crippen LogP contribution is -2.51. The Hall–Kier alpha value is -2.69. The average Bonchev–Trinajstić information content (AvgIpc) is 3.24. The van der Waals surface area contributed by atoms with Crippen LogP contribution in [0.3, 0.4) is 0 Å². The van der Waals surface area contributed by atoms with Crippen molar-refractivity contribution in [3.63, 3.8) is 0 Å². The fourth-order valence-electron chi connectivity index (χ4n) is 4.64. The number of hydrogen-bond donors (Lipinski definition) is 4. The SMILES string of the molecule is Cc1nc(NNC(=O)[C@@H](CNC(=O)O)CC2CCCC2)c(F)c(N2CCN(C)C[C@H]2C)n1. The van der Waals surface area contributed by atoms with E-state index < -0.39 is 23.7 Å². The number of halogens is 1. The molecule has 2 heterocycles. The Morgan fingerprint density at radius 1 is 1.25 bits per heavy atom. The number of carbonyl (C=O) groups excluding carboxylic acids is 1. The lowest BCUT2D eigenvalue weighted by molar-refractivity contribution is -0.124. The summed E-state index contributed by atoms with van der Waals surface area (Å²) in [5.41, 5.74) is 5.15. The highest BCUT2D eigenvalue weighted by molar-refractivity contribution is 5.80. The Morgan fingerprint density at radius 2 is 1.97 bits per heavy atom. The molecule has 2 amide bonds. The molecule has 0 aromatic carbocycles. The van der Waals surface area contributed by atoms with Crippen LogP contribution in [0.4, 0.5) is 20.8 Å². The van der Waals surface area contributed by atoms with Crippen molar-refractivity contribution in [2.45, 2.75) is 52.0 Å². The summed E-state index contributed by atoms with van der Waals surface area (Å²) < 4.78 is 15.3. The van der Waals surface area contributed by atoms with Gasteiger partial charge in [0.1, 0.15) is 5.82 Å². The first-order valence-electron chi connectivity index (χ1n) is 11.3. The molecule has 0 bridgehead atoms. The summed E-state index contributed by atoms with van der Waals surface area (Å²) in [6, 6.07) is 0.0814. The van der Waals surface area contributed by atoms with Gasteiger partial charge in [-0.25, -0.2) is 14.8 Å². The van der Waals surface area contributed by atoms with E-state index in [-0.39, 0.29) is 24.2 Å². The predicted molar refractivity (Wildman–Crippen MR) is 119 cm³/mol. The molecule has 2 atom stereocenters. The van der Waals surface area contributed by atoms with E-state index in [9.17, 15) is 9.59 Å². The van der Waals surface area contributed by atoms with Crippen molar-refractivity contribution in [1.29, 1.82) is 0 Å². The monoisotopic (exact) mass is 451 g/mol. The molecule has 32 heavy (non-hydrogen) atoms. The van der Waals surface area contributed by atoms with Crippen molar-refractivity contribution in [2.75, 3.05) is 43.6 Å². The normalized spacial score (nSPS) is 20.8. The number of aromatic nitrogens is 2. The number of rotatable bonds is 8. The maximum Gasteiger partial charge on any atom is 0.404 e. The van der Waals surface area contributed by atoms with Gasteiger partial charge >= 0.3 is 6.09 Å². The first kappa shape index (κ1) is 24.0. The van der Waals surface area contributed by atoms with Crippen LogP contribution in [-0.2, 0) is 4.79 Å². The third kappa shape index (κ3) is 6.18. The van der Waals surface area contributed by atoms with Crippen LogP contribution in [-0.4, -0.2) is 71.2 Å².